The number of nitrogens with one attached hydrogen (secondary N) is 1. The number of hydrogen-bond donors (Lipinski definition) is 4. The Bertz CT molecular complexity index is 443. The number of carboxylic acid groups (broad SMARTS) is 1. The summed E-state index contributed by atoms with van der Waals surface area (Å²) in [6, 6.07) is 2.43. The fraction of sp³-hybridized carbons (Fsp3) is 0.273. The molecule has 1 rings (SSSR count). The van der Waals surface area contributed by atoms with Crippen LogP contribution in [0.3, 0.4) is 0 Å². The van der Waals surface area contributed by atoms with Crippen LogP contribution in [0.2, 0.25) is 0 Å². The molecule has 92 valence electrons. The number of aliphatic carboxylic acids is 1. The minimum Gasteiger partial charge on any atom is -0.508 e. The molecule has 17 heavy (non-hydrogen) atoms. The molecule has 0 aromatic heterocycles. The summed E-state index contributed by atoms with van der Waals surface area (Å²) < 4.78 is 0. The Morgan fingerprint density at radius 2 is 2.00 bits per heavy atom. The third kappa shape index (κ3) is 3.10. The molecular weight excluding hydrogens is 226 g/mol. The fourth-order valence-electron chi connectivity index (χ4n) is 1.28. The van der Waals surface area contributed by atoms with E-state index in [9.17, 15) is 19.8 Å². The monoisotopic (exact) mass is 239 g/mol. The number of rotatable bonds is 4. The lowest BCUT2D eigenvalue weighted by atomic mass is 10.1. The molecule has 0 aliphatic heterocycles. The summed E-state index contributed by atoms with van der Waals surface area (Å²) in [6.45, 7) is 1.61. The highest BCUT2D eigenvalue weighted by Gasteiger charge is 2.20. The average Bonchev–Trinajstić information content (AvgIpc) is 2.28. The largest absolute Gasteiger partial charge is 0.508 e. The Balaban J connectivity index is 2.89. The third-order valence-corrected chi connectivity index (χ3v) is 2.24. The predicted molar refractivity (Wildman–Crippen MR) is 59.0 cm³/mol. The van der Waals surface area contributed by atoms with Crippen molar-refractivity contribution in [1.29, 1.82) is 0 Å². The van der Waals surface area contributed by atoms with Gasteiger partial charge in [0.15, 0.2) is 0 Å². The molecular formula is C11H13NO5. The number of amides is 1. The molecule has 1 aromatic rings. The molecule has 0 saturated heterocycles. The molecule has 0 heterocycles. The number of carbonyl (C=O) groups is 2. The summed E-state index contributed by atoms with van der Waals surface area (Å²) in [5.41, 5.74) is -0.162. The van der Waals surface area contributed by atoms with Crippen LogP contribution in [0.5, 0.6) is 11.5 Å². The van der Waals surface area contributed by atoms with Crippen LogP contribution in [0.1, 0.15) is 23.7 Å². The van der Waals surface area contributed by atoms with Crippen LogP contribution in [0, 0.1) is 0 Å². The van der Waals surface area contributed by atoms with Gasteiger partial charge in [-0.25, -0.2) is 4.79 Å². The summed E-state index contributed by atoms with van der Waals surface area (Å²) in [4.78, 5) is 22.4. The number of hydrogen-bond acceptors (Lipinski definition) is 4. The molecule has 0 spiro atoms. The lowest BCUT2D eigenvalue weighted by Crippen LogP contribution is -2.40. The number of phenols is 2. The summed E-state index contributed by atoms with van der Waals surface area (Å²) in [5.74, 6) is -2.40. The van der Waals surface area contributed by atoms with Gasteiger partial charge in [0.2, 0.25) is 0 Å². The first-order chi connectivity index (χ1) is 7.95. The van der Waals surface area contributed by atoms with E-state index in [0.29, 0.717) is 0 Å². The minimum absolute atomic E-state index is 0.162. The van der Waals surface area contributed by atoms with Crippen molar-refractivity contribution in [3.63, 3.8) is 0 Å². The zero-order valence-corrected chi connectivity index (χ0v) is 9.17. The van der Waals surface area contributed by atoms with E-state index in [1.54, 1.807) is 6.92 Å². The van der Waals surface area contributed by atoms with E-state index >= 15 is 0 Å². The van der Waals surface area contributed by atoms with Gasteiger partial charge in [-0.2, -0.15) is 0 Å². The number of benzene rings is 1. The molecule has 1 aromatic carbocycles. The Morgan fingerprint density at radius 1 is 1.35 bits per heavy atom. The van der Waals surface area contributed by atoms with Gasteiger partial charge in [-0.05, 0) is 24.6 Å². The van der Waals surface area contributed by atoms with Crippen LogP contribution in [-0.2, 0) is 4.79 Å². The van der Waals surface area contributed by atoms with Crippen molar-refractivity contribution in [2.45, 2.75) is 19.4 Å². The minimum atomic E-state index is -1.15. The Labute approximate surface area is 97.5 Å². The molecule has 6 nitrogen and oxygen atoms in total. The first-order valence-corrected chi connectivity index (χ1v) is 5.01. The zero-order chi connectivity index (χ0) is 13.0. The Hall–Kier alpha value is -2.24. The van der Waals surface area contributed by atoms with Crippen LogP contribution in [0.25, 0.3) is 0 Å². The number of phenolic OH excluding ortho intramolecular Hbond substituents is 2. The van der Waals surface area contributed by atoms with Gasteiger partial charge in [-0.3, -0.25) is 4.79 Å². The lowest BCUT2D eigenvalue weighted by Gasteiger charge is -2.12. The molecule has 1 atom stereocenters. The number of carbonyl (C=O) groups excluding carboxylic acids is 1. The summed E-state index contributed by atoms with van der Waals surface area (Å²) in [6.07, 6.45) is 0.223. The van der Waals surface area contributed by atoms with Gasteiger partial charge in [-0.1, -0.05) is 6.92 Å². The SMILES string of the molecule is CC[C@@H](NC(=O)c1cc(O)ccc1O)C(=O)O. The summed E-state index contributed by atoms with van der Waals surface area (Å²) in [7, 11) is 0. The van der Waals surface area contributed by atoms with Crippen molar-refractivity contribution in [2.75, 3.05) is 0 Å². The molecule has 0 radical (unpaired) electrons. The molecule has 0 bridgehead atoms. The second kappa shape index (κ2) is 5.20. The highest BCUT2D eigenvalue weighted by molar-refractivity contribution is 5.99. The van der Waals surface area contributed by atoms with Gasteiger partial charge in [0.05, 0.1) is 5.56 Å². The summed E-state index contributed by atoms with van der Waals surface area (Å²) >= 11 is 0. The van der Waals surface area contributed by atoms with Crippen molar-refractivity contribution in [1.82, 2.24) is 5.32 Å². The van der Waals surface area contributed by atoms with Gasteiger partial charge in [0.25, 0.3) is 5.91 Å². The van der Waals surface area contributed by atoms with E-state index in [1.165, 1.54) is 6.07 Å². The molecule has 6 heteroatoms. The number of aromatic hydroxyl groups is 2. The highest BCUT2D eigenvalue weighted by atomic mass is 16.4. The maximum absolute atomic E-state index is 11.6. The predicted octanol–water partition coefficient (Wildman–Crippen LogP) is 0.691. The molecule has 0 aliphatic rings. The maximum atomic E-state index is 11.6. The third-order valence-electron chi connectivity index (χ3n) is 2.24. The van der Waals surface area contributed by atoms with E-state index in [2.05, 4.69) is 5.32 Å². The Kier molecular flexibility index (Phi) is 3.92. The van der Waals surface area contributed by atoms with Gasteiger partial charge in [0, 0.05) is 0 Å². The van der Waals surface area contributed by atoms with Crippen molar-refractivity contribution in [2.24, 2.45) is 0 Å². The molecule has 0 aliphatic carbocycles. The topological polar surface area (TPSA) is 107 Å². The number of carboxylic acids is 1. The first-order valence-electron chi connectivity index (χ1n) is 5.01. The highest BCUT2D eigenvalue weighted by Crippen LogP contribution is 2.21. The molecule has 4 N–H and O–H groups in total. The van der Waals surface area contributed by atoms with Crippen LogP contribution in [0.4, 0.5) is 0 Å². The summed E-state index contributed by atoms with van der Waals surface area (Å²) in [5, 5.41) is 29.6. The van der Waals surface area contributed by atoms with Crippen molar-refractivity contribution >= 4 is 11.9 Å². The van der Waals surface area contributed by atoms with E-state index in [4.69, 9.17) is 5.11 Å². The fourth-order valence-corrected chi connectivity index (χ4v) is 1.28. The van der Waals surface area contributed by atoms with E-state index in [-0.39, 0.29) is 23.5 Å². The molecule has 0 fully saturated rings. The smallest absolute Gasteiger partial charge is 0.326 e. The first kappa shape index (κ1) is 12.8. The second-order valence-electron chi connectivity index (χ2n) is 3.47. The van der Waals surface area contributed by atoms with E-state index < -0.39 is 17.9 Å². The standard InChI is InChI=1S/C11H13NO5/c1-2-8(11(16)17)12-10(15)7-5-6(13)3-4-9(7)14/h3-5,8,13-14H,2H2,1H3,(H,12,15)(H,16,17)/t8-/m1/s1. The average molecular weight is 239 g/mol. The van der Waals surface area contributed by atoms with Crippen molar-refractivity contribution in [3.8, 4) is 11.5 Å². The van der Waals surface area contributed by atoms with Crippen LogP contribution < -0.4 is 5.32 Å². The second-order valence-corrected chi connectivity index (χ2v) is 3.47. The van der Waals surface area contributed by atoms with Gasteiger partial charge in [-0.15, -0.1) is 0 Å². The molecule has 0 saturated carbocycles. The Morgan fingerprint density at radius 3 is 2.53 bits per heavy atom. The van der Waals surface area contributed by atoms with Crippen LogP contribution in [-0.4, -0.2) is 33.2 Å². The van der Waals surface area contributed by atoms with Crippen LogP contribution in [0.15, 0.2) is 18.2 Å². The quantitative estimate of drug-likeness (QED) is 0.578. The van der Waals surface area contributed by atoms with Crippen LogP contribution >= 0.6 is 0 Å². The zero-order valence-electron chi connectivity index (χ0n) is 9.17. The van der Waals surface area contributed by atoms with Crippen molar-refractivity contribution in [3.05, 3.63) is 23.8 Å². The molecule has 1 amide bonds. The lowest BCUT2D eigenvalue weighted by molar-refractivity contribution is -0.139. The maximum Gasteiger partial charge on any atom is 0.326 e. The van der Waals surface area contributed by atoms with Gasteiger partial charge >= 0.3 is 5.97 Å². The van der Waals surface area contributed by atoms with Gasteiger partial charge in [0.1, 0.15) is 17.5 Å². The molecule has 0 unspecified atom stereocenters. The van der Waals surface area contributed by atoms with Gasteiger partial charge < -0.3 is 20.6 Å². The van der Waals surface area contributed by atoms with E-state index in [1.807, 2.05) is 0 Å². The van der Waals surface area contributed by atoms with Crippen molar-refractivity contribution < 1.29 is 24.9 Å². The normalized spacial score (nSPS) is 11.8. The van der Waals surface area contributed by atoms with E-state index in [0.717, 1.165) is 12.1 Å².